The predicted octanol–water partition coefficient (Wildman–Crippen LogP) is -3.49. The van der Waals surface area contributed by atoms with Gasteiger partial charge < -0.3 is 49.1 Å². The maximum atomic E-state index is 7.56. The van der Waals surface area contributed by atoms with Crippen molar-refractivity contribution in [3.63, 3.8) is 0 Å². The largest absolute Gasteiger partial charge is 0.402 e. The molecule has 92 valence electrons. The molecule has 0 aromatic heterocycles. The molecule has 15 N–H and O–H groups in total. The third-order valence-electron chi connectivity index (χ3n) is 0.385. The van der Waals surface area contributed by atoms with E-state index in [-0.39, 0.29) is 11.6 Å². The summed E-state index contributed by atoms with van der Waals surface area (Å²) in [6.45, 7) is -3.81. The van der Waals surface area contributed by atoms with Gasteiger partial charge in [0.15, 0.2) is 0 Å². The molecule has 0 aromatic carbocycles. The summed E-state index contributed by atoms with van der Waals surface area (Å²) in [6, 6.07) is 0. The van der Waals surface area contributed by atoms with E-state index in [1.807, 2.05) is 0 Å². The van der Waals surface area contributed by atoms with Gasteiger partial charge in [-0.1, -0.05) is 0 Å². The lowest BCUT2D eigenvalue weighted by Crippen LogP contribution is -2.09. The van der Waals surface area contributed by atoms with Crippen LogP contribution in [0.2, 0.25) is 0 Å². The Morgan fingerprint density at radius 2 is 0.933 bits per heavy atom. The molecule has 0 amide bonds. The van der Waals surface area contributed by atoms with Gasteiger partial charge in [-0.3, -0.25) is 0 Å². The van der Waals surface area contributed by atoms with Crippen molar-refractivity contribution in [2.45, 2.75) is 0 Å². The second kappa shape index (κ2) is 10.9. The van der Waals surface area contributed by atoms with Crippen LogP contribution in [-0.4, -0.2) is 14.7 Å². The number of nitrogens with two attached hydrogens (primary N) is 6. The summed E-state index contributed by atoms with van der Waals surface area (Å²) in [4.78, 5) is 22.7. The van der Waals surface area contributed by atoms with E-state index >= 15 is 0 Å². The second-order valence-electron chi connectivity index (χ2n) is 1.85. The summed E-state index contributed by atoms with van der Waals surface area (Å²) in [5.41, 5.74) is 28.7. The van der Waals surface area contributed by atoms with Gasteiger partial charge in [0.1, 0.15) is 11.6 Å². The van der Waals surface area contributed by atoms with Crippen molar-refractivity contribution in [2.75, 3.05) is 0 Å². The van der Waals surface area contributed by atoms with Crippen LogP contribution in [0.15, 0.2) is 24.0 Å². The van der Waals surface area contributed by atoms with Gasteiger partial charge in [-0.05, 0) is 11.8 Å². The third-order valence-corrected chi connectivity index (χ3v) is 0.385. The molecule has 0 aliphatic carbocycles. The molecular weight excluding hydrogens is 243 g/mol. The van der Waals surface area contributed by atoms with Crippen LogP contribution in [0.4, 0.5) is 0 Å². The Morgan fingerprint density at radius 1 is 0.867 bits per heavy atom. The van der Waals surface area contributed by atoms with E-state index in [0.29, 0.717) is 0 Å². The molecule has 0 unspecified atom stereocenters. The highest BCUT2D eigenvalue weighted by molar-refractivity contribution is 8.06. The van der Waals surface area contributed by atoms with Crippen LogP contribution in [0, 0.1) is 0 Å². The van der Waals surface area contributed by atoms with Crippen molar-refractivity contribution in [2.24, 2.45) is 34.4 Å². The summed E-state index contributed by atoms with van der Waals surface area (Å²) in [5, 5.41) is 0. The lowest BCUT2D eigenvalue weighted by molar-refractivity contribution is 0.363. The van der Waals surface area contributed by atoms with Crippen molar-refractivity contribution < 1.29 is 14.7 Å². The SMILES string of the molecule is NC=C(N)N.NC=C(N)N.OP(O)(O)=S. The van der Waals surface area contributed by atoms with Crippen molar-refractivity contribution in [3.8, 4) is 0 Å². The number of hydrogen-bond donors (Lipinski definition) is 9. The van der Waals surface area contributed by atoms with Crippen LogP contribution >= 0.6 is 6.72 Å². The van der Waals surface area contributed by atoms with E-state index in [4.69, 9.17) is 49.1 Å². The van der Waals surface area contributed by atoms with E-state index in [1.54, 1.807) is 0 Å². The number of rotatable bonds is 0. The second-order valence-corrected chi connectivity index (χ2v) is 4.34. The summed E-state index contributed by atoms with van der Waals surface area (Å²) in [7, 11) is 0. The van der Waals surface area contributed by atoms with Crippen molar-refractivity contribution in [3.05, 3.63) is 24.0 Å². The topological polar surface area (TPSA) is 217 Å². The standard InChI is InChI=1S/2C2H7N3.H3O3PS/c2*3-1-2(4)5;1-4(2,3)5/h2*1H,3-5H2;(H3,1,2,3,5). The zero-order valence-electron chi connectivity index (χ0n) is 7.82. The average Bonchev–Trinajstić information content (AvgIpc) is 2.02. The quantitative estimate of drug-likeness (QED) is 0.196. The first-order chi connectivity index (χ1) is 6.54. The Hall–Kier alpha value is -1.19. The summed E-state index contributed by atoms with van der Waals surface area (Å²) < 4.78 is 0. The van der Waals surface area contributed by atoms with Gasteiger partial charge in [0, 0.05) is 12.4 Å². The Kier molecular flexibility index (Phi) is 14.1. The molecule has 9 nitrogen and oxygen atoms in total. The molecule has 0 heterocycles. The summed E-state index contributed by atoms with van der Waals surface area (Å²) in [6.07, 6.45) is 2.28. The van der Waals surface area contributed by atoms with Crippen LogP contribution in [0.3, 0.4) is 0 Å². The molecule has 0 aromatic rings. The van der Waals surface area contributed by atoms with Crippen LogP contribution in [0.25, 0.3) is 0 Å². The maximum Gasteiger partial charge on any atom is 0.319 e. The highest BCUT2D eigenvalue weighted by Gasteiger charge is 1.92. The van der Waals surface area contributed by atoms with Gasteiger partial charge in [-0.2, -0.15) is 0 Å². The van der Waals surface area contributed by atoms with Crippen LogP contribution < -0.4 is 34.4 Å². The van der Waals surface area contributed by atoms with Gasteiger partial charge in [0.25, 0.3) is 0 Å². The van der Waals surface area contributed by atoms with Gasteiger partial charge in [-0.15, -0.1) is 0 Å². The van der Waals surface area contributed by atoms with E-state index in [1.165, 1.54) is 0 Å². The lowest BCUT2D eigenvalue weighted by atomic mass is 10.8. The van der Waals surface area contributed by atoms with E-state index in [9.17, 15) is 0 Å². The summed E-state index contributed by atoms with van der Waals surface area (Å²) in [5.74, 6) is 0.315. The number of hydrogen-bond acceptors (Lipinski definition) is 7. The molecule has 0 aliphatic heterocycles. The molecule has 11 heteroatoms. The zero-order chi connectivity index (χ0) is 13.1. The molecule has 15 heavy (non-hydrogen) atoms. The molecule has 0 aliphatic rings. The highest BCUT2D eigenvalue weighted by atomic mass is 32.5. The molecule has 0 spiro atoms. The molecule has 0 rings (SSSR count). The van der Waals surface area contributed by atoms with E-state index < -0.39 is 6.72 Å². The van der Waals surface area contributed by atoms with Crippen LogP contribution in [-0.2, 0) is 11.8 Å². The first-order valence-corrected chi connectivity index (χ1v) is 5.84. The third kappa shape index (κ3) is 190. The van der Waals surface area contributed by atoms with Crippen LogP contribution in [0.1, 0.15) is 0 Å². The lowest BCUT2D eigenvalue weighted by Gasteiger charge is -1.88. The van der Waals surface area contributed by atoms with E-state index in [2.05, 4.69) is 11.8 Å². The summed E-state index contributed by atoms with van der Waals surface area (Å²) >= 11 is 3.60. The van der Waals surface area contributed by atoms with Crippen molar-refractivity contribution in [1.82, 2.24) is 0 Å². The maximum absolute atomic E-state index is 7.56. The zero-order valence-corrected chi connectivity index (χ0v) is 9.53. The van der Waals surface area contributed by atoms with Gasteiger partial charge >= 0.3 is 6.72 Å². The predicted molar refractivity (Wildman–Crippen MR) is 62.2 cm³/mol. The Balaban J connectivity index is -0.000000144. The van der Waals surface area contributed by atoms with Gasteiger partial charge in [0.05, 0.1) is 0 Å². The van der Waals surface area contributed by atoms with Crippen LogP contribution in [0.5, 0.6) is 0 Å². The fraction of sp³-hybridized carbons (Fsp3) is 0. The highest BCUT2D eigenvalue weighted by Crippen LogP contribution is 2.26. The Morgan fingerprint density at radius 3 is 0.933 bits per heavy atom. The van der Waals surface area contributed by atoms with E-state index in [0.717, 1.165) is 12.4 Å². The minimum atomic E-state index is -3.81. The van der Waals surface area contributed by atoms with Gasteiger partial charge in [-0.25, -0.2) is 0 Å². The first-order valence-electron chi connectivity index (χ1n) is 3.18. The molecule has 0 bridgehead atoms. The van der Waals surface area contributed by atoms with Crippen molar-refractivity contribution in [1.29, 1.82) is 0 Å². The fourth-order valence-electron chi connectivity index (χ4n) is 0. The first kappa shape index (κ1) is 19.4. The molecule has 0 radical (unpaired) electrons. The van der Waals surface area contributed by atoms with Gasteiger partial charge in [0.2, 0.25) is 0 Å². The monoisotopic (exact) mass is 260 g/mol. The molecule has 0 saturated heterocycles. The molecule has 0 atom stereocenters. The molecular formula is C4H17N6O3PS. The fourth-order valence-corrected chi connectivity index (χ4v) is 0. The molecule has 0 saturated carbocycles. The van der Waals surface area contributed by atoms with Crippen molar-refractivity contribution >= 4 is 18.5 Å². The Labute approximate surface area is 92.3 Å². The smallest absolute Gasteiger partial charge is 0.319 e. The minimum Gasteiger partial charge on any atom is -0.402 e. The Bertz CT molecular complexity index is 218. The minimum absolute atomic E-state index is 0.157. The molecule has 0 fully saturated rings. The normalized spacial score (nSPS) is 8.20. The average molecular weight is 260 g/mol.